The van der Waals surface area contributed by atoms with Gasteiger partial charge in [-0.05, 0) is 17.7 Å². The van der Waals surface area contributed by atoms with Crippen molar-refractivity contribution in [2.75, 3.05) is 13.2 Å². The molecule has 0 aliphatic carbocycles. The van der Waals surface area contributed by atoms with Crippen LogP contribution in [0.15, 0.2) is 46.9 Å². The van der Waals surface area contributed by atoms with E-state index in [1.165, 1.54) is 5.56 Å². The Bertz CT molecular complexity index is 476. The minimum absolute atomic E-state index is 0.0546. The first-order chi connectivity index (χ1) is 9.29. The van der Waals surface area contributed by atoms with Crippen LogP contribution in [0.1, 0.15) is 29.9 Å². The topological polar surface area (TPSA) is 42.6 Å². The van der Waals surface area contributed by atoms with Gasteiger partial charge in [-0.25, -0.2) is 0 Å². The van der Waals surface area contributed by atoms with Crippen LogP contribution in [-0.4, -0.2) is 18.3 Å². The van der Waals surface area contributed by atoms with Gasteiger partial charge in [0.05, 0.1) is 19.8 Å². The van der Waals surface area contributed by atoms with Crippen LogP contribution in [0.3, 0.4) is 0 Å². The van der Waals surface area contributed by atoms with Gasteiger partial charge < -0.3 is 14.3 Å². The van der Waals surface area contributed by atoms with Crippen molar-refractivity contribution in [2.24, 2.45) is 0 Å². The summed E-state index contributed by atoms with van der Waals surface area (Å²) in [6.45, 7) is 3.31. The normalized spacial score (nSPS) is 12.5. The van der Waals surface area contributed by atoms with Gasteiger partial charge in [-0.15, -0.1) is 0 Å². The van der Waals surface area contributed by atoms with E-state index in [9.17, 15) is 0 Å². The van der Waals surface area contributed by atoms with Crippen LogP contribution < -0.4 is 0 Å². The molecule has 1 aromatic heterocycles. The molecular weight excluding hydrogens is 240 g/mol. The highest BCUT2D eigenvalue weighted by Gasteiger charge is 2.09. The predicted octanol–water partition coefficient (Wildman–Crippen LogP) is 3.13. The summed E-state index contributed by atoms with van der Waals surface area (Å²) in [5.41, 5.74) is 1.18. The summed E-state index contributed by atoms with van der Waals surface area (Å²) in [5, 5.41) is 9.05. The van der Waals surface area contributed by atoms with E-state index in [4.69, 9.17) is 14.3 Å². The molecule has 0 spiro atoms. The Morgan fingerprint density at radius 2 is 1.95 bits per heavy atom. The standard InChI is InChI=1S/C16H20O3/c1-13(11-17)16-8-7-15(19-16)9-10-18-12-14-5-3-2-4-6-14/h2-8,13,17H,9-12H2,1H3/t13-/m0/s1. The second-order valence-corrected chi connectivity index (χ2v) is 4.68. The largest absolute Gasteiger partial charge is 0.466 e. The molecule has 0 fully saturated rings. The van der Waals surface area contributed by atoms with Crippen LogP contribution in [-0.2, 0) is 17.8 Å². The van der Waals surface area contributed by atoms with Crippen molar-refractivity contribution in [2.45, 2.75) is 25.9 Å². The second-order valence-electron chi connectivity index (χ2n) is 4.68. The molecule has 0 radical (unpaired) electrons. The Kier molecular flexibility index (Phi) is 5.19. The number of furan rings is 1. The zero-order valence-corrected chi connectivity index (χ0v) is 11.2. The Labute approximate surface area is 113 Å². The number of benzene rings is 1. The number of ether oxygens (including phenoxy) is 1. The van der Waals surface area contributed by atoms with Gasteiger partial charge in [0.25, 0.3) is 0 Å². The fourth-order valence-electron chi connectivity index (χ4n) is 1.82. The molecule has 0 bridgehead atoms. The van der Waals surface area contributed by atoms with Crippen LogP contribution in [0.25, 0.3) is 0 Å². The summed E-state index contributed by atoms with van der Waals surface area (Å²) in [5.74, 6) is 1.79. The number of aliphatic hydroxyl groups is 1. The van der Waals surface area contributed by atoms with E-state index in [-0.39, 0.29) is 12.5 Å². The third kappa shape index (κ3) is 4.23. The van der Waals surface area contributed by atoms with Crippen LogP contribution in [0.4, 0.5) is 0 Å². The molecule has 0 amide bonds. The number of aliphatic hydroxyl groups excluding tert-OH is 1. The first-order valence-corrected chi connectivity index (χ1v) is 6.60. The Morgan fingerprint density at radius 1 is 1.16 bits per heavy atom. The van der Waals surface area contributed by atoms with Crippen molar-refractivity contribution in [3.63, 3.8) is 0 Å². The molecule has 0 saturated carbocycles. The summed E-state index contributed by atoms with van der Waals surface area (Å²) >= 11 is 0. The van der Waals surface area contributed by atoms with Crippen LogP contribution >= 0.6 is 0 Å². The van der Waals surface area contributed by atoms with E-state index in [0.29, 0.717) is 13.2 Å². The van der Waals surface area contributed by atoms with Gasteiger partial charge in [-0.2, -0.15) is 0 Å². The molecule has 1 aromatic carbocycles. The first kappa shape index (κ1) is 13.8. The zero-order chi connectivity index (χ0) is 13.5. The summed E-state index contributed by atoms with van der Waals surface area (Å²) in [4.78, 5) is 0. The Morgan fingerprint density at radius 3 is 2.68 bits per heavy atom. The van der Waals surface area contributed by atoms with Gasteiger partial charge in [0.1, 0.15) is 11.5 Å². The van der Waals surface area contributed by atoms with E-state index in [1.807, 2.05) is 49.4 Å². The maximum atomic E-state index is 9.05. The summed E-state index contributed by atoms with van der Waals surface area (Å²) in [6, 6.07) is 14.0. The SMILES string of the molecule is C[C@@H](CO)c1ccc(CCOCc2ccccc2)o1. The van der Waals surface area contributed by atoms with Crippen molar-refractivity contribution < 1.29 is 14.3 Å². The molecule has 0 saturated heterocycles. The smallest absolute Gasteiger partial charge is 0.109 e. The van der Waals surface area contributed by atoms with E-state index >= 15 is 0 Å². The highest BCUT2D eigenvalue weighted by Crippen LogP contribution is 2.18. The lowest BCUT2D eigenvalue weighted by atomic mass is 10.1. The zero-order valence-electron chi connectivity index (χ0n) is 11.2. The lowest BCUT2D eigenvalue weighted by Crippen LogP contribution is -1.99. The van der Waals surface area contributed by atoms with Gasteiger partial charge >= 0.3 is 0 Å². The van der Waals surface area contributed by atoms with Crippen molar-refractivity contribution >= 4 is 0 Å². The molecule has 19 heavy (non-hydrogen) atoms. The average molecular weight is 260 g/mol. The molecule has 0 unspecified atom stereocenters. The van der Waals surface area contributed by atoms with Gasteiger partial charge in [0, 0.05) is 12.3 Å². The Hall–Kier alpha value is -1.58. The molecule has 0 aliphatic heterocycles. The third-order valence-corrected chi connectivity index (χ3v) is 3.05. The third-order valence-electron chi connectivity index (χ3n) is 3.05. The maximum Gasteiger partial charge on any atom is 0.109 e. The molecule has 2 aromatic rings. The van der Waals surface area contributed by atoms with Crippen LogP contribution in [0.2, 0.25) is 0 Å². The molecule has 0 aliphatic rings. The van der Waals surface area contributed by atoms with E-state index in [2.05, 4.69) is 0 Å². The van der Waals surface area contributed by atoms with Gasteiger partial charge in [-0.1, -0.05) is 37.3 Å². The second kappa shape index (κ2) is 7.12. The van der Waals surface area contributed by atoms with Crippen molar-refractivity contribution in [3.8, 4) is 0 Å². The van der Waals surface area contributed by atoms with Crippen molar-refractivity contribution in [1.29, 1.82) is 0 Å². The highest BCUT2D eigenvalue weighted by molar-refractivity contribution is 5.13. The molecule has 102 valence electrons. The molecular formula is C16H20O3. The van der Waals surface area contributed by atoms with E-state index in [0.717, 1.165) is 17.9 Å². The van der Waals surface area contributed by atoms with Gasteiger partial charge in [0.15, 0.2) is 0 Å². The number of rotatable bonds is 7. The summed E-state index contributed by atoms with van der Waals surface area (Å²) in [7, 11) is 0. The minimum Gasteiger partial charge on any atom is -0.466 e. The van der Waals surface area contributed by atoms with E-state index in [1.54, 1.807) is 0 Å². The lowest BCUT2D eigenvalue weighted by Gasteiger charge is -2.04. The summed E-state index contributed by atoms with van der Waals surface area (Å²) in [6.07, 6.45) is 0.755. The molecule has 1 heterocycles. The fraction of sp³-hybridized carbons (Fsp3) is 0.375. The molecule has 3 nitrogen and oxygen atoms in total. The van der Waals surface area contributed by atoms with Crippen molar-refractivity contribution in [1.82, 2.24) is 0 Å². The number of hydrogen-bond donors (Lipinski definition) is 1. The lowest BCUT2D eigenvalue weighted by molar-refractivity contribution is 0.120. The molecule has 2 rings (SSSR count). The van der Waals surface area contributed by atoms with Gasteiger partial charge in [-0.3, -0.25) is 0 Å². The summed E-state index contributed by atoms with van der Waals surface area (Å²) < 4.78 is 11.3. The first-order valence-electron chi connectivity index (χ1n) is 6.60. The Balaban J connectivity index is 1.72. The number of hydrogen-bond acceptors (Lipinski definition) is 3. The molecule has 1 atom stereocenters. The quantitative estimate of drug-likeness (QED) is 0.778. The average Bonchev–Trinajstić information content (AvgIpc) is 2.93. The predicted molar refractivity (Wildman–Crippen MR) is 74.0 cm³/mol. The van der Waals surface area contributed by atoms with Crippen LogP contribution in [0.5, 0.6) is 0 Å². The highest BCUT2D eigenvalue weighted by atomic mass is 16.5. The monoisotopic (exact) mass is 260 g/mol. The minimum atomic E-state index is 0.0546. The molecule has 1 N–H and O–H groups in total. The fourth-order valence-corrected chi connectivity index (χ4v) is 1.82. The van der Waals surface area contributed by atoms with Gasteiger partial charge in [0.2, 0.25) is 0 Å². The van der Waals surface area contributed by atoms with E-state index < -0.39 is 0 Å². The van der Waals surface area contributed by atoms with Crippen molar-refractivity contribution in [3.05, 3.63) is 59.5 Å². The maximum absolute atomic E-state index is 9.05. The molecule has 3 heteroatoms. The van der Waals surface area contributed by atoms with Crippen LogP contribution in [0, 0.1) is 0 Å².